The summed E-state index contributed by atoms with van der Waals surface area (Å²) in [5.41, 5.74) is 2.55. The molecular weight excluding hydrogens is 516 g/mol. The Balaban J connectivity index is 1.80. The summed E-state index contributed by atoms with van der Waals surface area (Å²) in [7, 11) is 1.55. The highest BCUT2D eigenvalue weighted by Crippen LogP contribution is 2.36. The van der Waals surface area contributed by atoms with Crippen LogP contribution in [-0.2, 0) is 9.53 Å². The number of thiazole rings is 1. The quantitative estimate of drug-likeness (QED) is 0.359. The van der Waals surface area contributed by atoms with Crippen LogP contribution in [-0.4, -0.2) is 35.3 Å². The summed E-state index contributed by atoms with van der Waals surface area (Å²) >= 11 is 1.20. The van der Waals surface area contributed by atoms with Crippen molar-refractivity contribution in [1.29, 1.82) is 0 Å². The van der Waals surface area contributed by atoms with Crippen LogP contribution < -0.4 is 19.6 Å². The molecule has 1 atom stereocenters. The van der Waals surface area contributed by atoms with E-state index >= 15 is 0 Å². The monoisotopic (exact) mass is 540 g/mol. The van der Waals surface area contributed by atoms with Gasteiger partial charge in [0.1, 0.15) is 5.75 Å². The van der Waals surface area contributed by atoms with Crippen molar-refractivity contribution in [2.24, 2.45) is 4.99 Å². The van der Waals surface area contributed by atoms with E-state index in [9.17, 15) is 19.5 Å². The Hall–Kier alpha value is -4.76. The van der Waals surface area contributed by atoms with Crippen molar-refractivity contribution < 1.29 is 24.2 Å². The molecule has 3 aromatic carbocycles. The number of hydrogen-bond donors (Lipinski definition) is 1. The topological polar surface area (TPSA) is 107 Å². The maximum atomic E-state index is 13.9. The molecule has 1 aliphatic rings. The Morgan fingerprint density at radius 2 is 1.79 bits per heavy atom. The SMILES string of the molecule is CCOC(=O)C1=C(c2ccccc2)N=c2s/c(=C\c3ccc(C(=O)O)cc3)c(=O)n2[C@@H]1c1cccc(OC)c1. The van der Waals surface area contributed by atoms with Gasteiger partial charge in [0.15, 0.2) is 4.80 Å². The molecule has 0 saturated heterocycles. The fourth-order valence-electron chi connectivity index (χ4n) is 4.44. The number of carboxylic acid groups (broad SMARTS) is 1. The van der Waals surface area contributed by atoms with Crippen LogP contribution in [0.4, 0.5) is 0 Å². The van der Waals surface area contributed by atoms with Crippen LogP contribution in [0.3, 0.4) is 0 Å². The number of fused-ring (bicyclic) bond motifs is 1. The second kappa shape index (κ2) is 10.9. The number of hydrogen-bond acceptors (Lipinski definition) is 7. The third-order valence-electron chi connectivity index (χ3n) is 6.24. The summed E-state index contributed by atoms with van der Waals surface area (Å²) in [5, 5.41) is 9.20. The maximum absolute atomic E-state index is 13.9. The van der Waals surface area contributed by atoms with Crippen molar-refractivity contribution in [2.75, 3.05) is 13.7 Å². The van der Waals surface area contributed by atoms with Crippen LogP contribution in [0.15, 0.2) is 94.2 Å². The number of methoxy groups -OCH3 is 1. The van der Waals surface area contributed by atoms with E-state index < -0.39 is 18.0 Å². The van der Waals surface area contributed by atoms with Gasteiger partial charge in [-0.1, -0.05) is 65.9 Å². The third kappa shape index (κ3) is 5.04. The van der Waals surface area contributed by atoms with Crippen LogP contribution in [0.5, 0.6) is 5.75 Å². The predicted molar refractivity (Wildman–Crippen MR) is 147 cm³/mol. The smallest absolute Gasteiger partial charge is 0.338 e. The zero-order valence-corrected chi connectivity index (χ0v) is 22.0. The number of aromatic nitrogens is 1. The molecule has 8 nitrogen and oxygen atoms in total. The molecule has 1 N–H and O–H groups in total. The van der Waals surface area contributed by atoms with Gasteiger partial charge in [0.2, 0.25) is 0 Å². The van der Waals surface area contributed by atoms with Crippen LogP contribution in [0.1, 0.15) is 40.0 Å². The summed E-state index contributed by atoms with van der Waals surface area (Å²) < 4.78 is 12.8. The van der Waals surface area contributed by atoms with Crippen molar-refractivity contribution in [3.05, 3.63) is 126 Å². The van der Waals surface area contributed by atoms with Gasteiger partial charge in [0.25, 0.3) is 5.56 Å². The summed E-state index contributed by atoms with van der Waals surface area (Å²) in [6.45, 7) is 1.89. The number of carbonyl (C=O) groups excluding carboxylic acids is 1. The minimum atomic E-state index is -1.03. The van der Waals surface area contributed by atoms with Crippen LogP contribution in [0, 0.1) is 0 Å². The molecule has 2 heterocycles. The largest absolute Gasteiger partial charge is 0.497 e. The van der Waals surface area contributed by atoms with Gasteiger partial charge in [-0.3, -0.25) is 9.36 Å². The fourth-order valence-corrected chi connectivity index (χ4v) is 5.44. The second-order valence-electron chi connectivity index (χ2n) is 8.64. The number of nitrogens with zero attached hydrogens (tertiary/aromatic N) is 2. The Labute approximate surface area is 227 Å². The average molecular weight is 541 g/mol. The minimum absolute atomic E-state index is 0.151. The van der Waals surface area contributed by atoms with Gasteiger partial charge >= 0.3 is 11.9 Å². The van der Waals surface area contributed by atoms with Crippen molar-refractivity contribution in [2.45, 2.75) is 13.0 Å². The Morgan fingerprint density at radius 1 is 1.05 bits per heavy atom. The van der Waals surface area contributed by atoms with Gasteiger partial charge in [-0.15, -0.1) is 0 Å². The van der Waals surface area contributed by atoms with E-state index in [2.05, 4.69) is 0 Å². The standard InChI is InChI=1S/C30H24N2O6S/c1-3-38-29(36)24-25(19-8-5-4-6-9-19)31-30-32(26(24)21-10-7-11-22(17-21)37-2)27(33)23(39-30)16-18-12-14-20(15-13-18)28(34)35/h4-17,26H,3H2,1-2H3,(H,34,35)/b23-16-/t26-/m1/s1. The molecule has 0 spiro atoms. The zero-order chi connectivity index (χ0) is 27.5. The number of rotatable bonds is 7. The lowest BCUT2D eigenvalue weighted by molar-refractivity contribution is -0.138. The molecule has 0 aliphatic carbocycles. The van der Waals surface area contributed by atoms with E-state index in [1.54, 1.807) is 50.4 Å². The summed E-state index contributed by atoms with van der Waals surface area (Å²) in [5.74, 6) is -1.01. The van der Waals surface area contributed by atoms with Crippen LogP contribution in [0.2, 0.25) is 0 Å². The van der Waals surface area contributed by atoms with Gasteiger partial charge in [-0.2, -0.15) is 0 Å². The summed E-state index contributed by atoms with van der Waals surface area (Å²) in [6.07, 6.45) is 1.69. The number of carboxylic acids is 1. The van der Waals surface area contributed by atoms with Gasteiger partial charge < -0.3 is 14.6 Å². The Morgan fingerprint density at radius 3 is 2.46 bits per heavy atom. The molecule has 39 heavy (non-hydrogen) atoms. The second-order valence-corrected chi connectivity index (χ2v) is 9.64. The number of esters is 1. The number of ether oxygens (including phenoxy) is 2. The number of benzene rings is 3. The predicted octanol–water partition coefficient (Wildman–Crippen LogP) is 3.64. The van der Waals surface area contributed by atoms with Crippen molar-refractivity contribution in [1.82, 2.24) is 4.57 Å². The molecule has 0 unspecified atom stereocenters. The highest BCUT2D eigenvalue weighted by molar-refractivity contribution is 7.07. The van der Waals surface area contributed by atoms with Gasteiger partial charge in [-0.25, -0.2) is 14.6 Å². The number of aromatic carboxylic acids is 1. The zero-order valence-electron chi connectivity index (χ0n) is 21.2. The first-order valence-electron chi connectivity index (χ1n) is 12.2. The summed E-state index contributed by atoms with van der Waals surface area (Å²) in [4.78, 5) is 43.8. The van der Waals surface area contributed by atoms with Gasteiger partial charge in [-0.05, 0) is 48.4 Å². The van der Waals surface area contributed by atoms with Crippen LogP contribution >= 0.6 is 11.3 Å². The fraction of sp³-hybridized carbons (Fsp3) is 0.133. The molecule has 5 rings (SSSR count). The first kappa shape index (κ1) is 25.9. The van der Waals surface area contributed by atoms with Crippen molar-refractivity contribution in [3.8, 4) is 5.75 Å². The highest BCUT2D eigenvalue weighted by atomic mass is 32.1. The third-order valence-corrected chi connectivity index (χ3v) is 7.22. The molecular formula is C30H24N2O6S. The molecule has 196 valence electrons. The molecule has 0 radical (unpaired) electrons. The maximum Gasteiger partial charge on any atom is 0.338 e. The lowest BCUT2D eigenvalue weighted by atomic mass is 9.93. The molecule has 1 aromatic heterocycles. The lowest BCUT2D eigenvalue weighted by Gasteiger charge is -2.26. The Bertz CT molecular complexity index is 1770. The molecule has 9 heteroatoms. The van der Waals surface area contributed by atoms with E-state index in [1.807, 2.05) is 36.4 Å². The molecule has 0 fully saturated rings. The van der Waals surface area contributed by atoms with E-state index in [0.717, 1.165) is 5.56 Å². The van der Waals surface area contributed by atoms with E-state index in [1.165, 1.54) is 28.0 Å². The van der Waals surface area contributed by atoms with Crippen LogP contribution in [0.25, 0.3) is 11.8 Å². The minimum Gasteiger partial charge on any atom is -0.497 e. The van der Waals surface area contributed by atoms with Crippen molar-refractivity contribution >= 4 is 35.0 Å². The van der Waals surface area contributed by atoms with E-state index in [-0.39, 0.29) is 23.3 Å². The molecule has 0 saturated carbocycles. The Kier molecular flexibility index (Phi) is 7.25. The molecule has 4 aromatic rings. The van der Waals surface area contributed by atoms with E-state index in [0.29, 0.717) is 31.9 Å². The number of carbonyl (C=O) groups is 2. The molecule has 0 amide bonds. The van der Waals surface area contributed by atoms with Crippen molar-refractivity contribution in [3.63, 3.8) is 0 Å². The summed E-state index contributed by atoms with van der Waals surface area (Å²) in [6, 6.07) is 22.0. The normalized spacial score (nSPS) is 14.9. The lowest BCUT2D eigenvalue weighted by Crippen LogP contribution is -2.40. The van der Waals surface area contributed by atoms with Gasteiger partial charge in [0.05, 0.1) is 41.1 Å². The van der Waals surface area contributed by atoms with Gasteiger partial charge in [0, 0.05) is 5.56 Å². The first-order chi connectivity index (χ1) is 18.9. The first-order valence-corrected chi connectivity index (χ1v) is 13.0. The average Bonchev–Trinajstić information content (AvgIpc) is 3.27. The molecule has 1 aliphatic heterocycles. The molecule has 0 bridgehead atoms. The van der Waals surface area contributed by atoms with E-state index in [4.69, 9.17) is 14.5 Å². The highest BCUT2D eigenvalue weighted by Gasteiger charge is 2.35.